The monoisotopic (exact) mass is 247 g/mol. The molecule has 94 valence electrons. The van der Waals surface area contributed by atoms with Gasteiger partial charge in [0, 0.05) is 12.7 Å². The maximum atomic E-state index is 12.3. The smallest absolute Gasteiger partial charge is 0.382 e. The van der Waals surface area contributed by atoms with Gasteiger partial charge in [0.1, 0.15) is 18.1 Å². The van der Waals surface area contributed by atoms with E-state index < -0.39 is 12.7 Å². The van der Waals surface area contributed by atoms with E-state index in [9.17, 15) is 13.2 Å². The Bertz CT molecular complexity index is 404. The molecule has 0 fully saturated rings. The zero-order chi connectivity index (χ0) is 13.1. The number of hydrogen-bond donors (Lipinski definition) is 2. The van der Waals surface area contributed by atoms with E-state index in [1.165, 1.54) is 12.3 Å². The molecule has 0 aromatic carbocycles. The van der Waals surface area contributed by atoms with Crippen molar-refractivity contribution in [1.29, 1.82) is 5.41 Å². The zero-order valence-corrected chi connectivity index (χ0v) is 9.12. The molecule has 1 aromatic heterocycles. The van der Waals surface area contributed by atoms with Crippen LogP contribution in [-0.2, 0) is 0 Å². The SMILES string of the molecule is CCN(CC(F)(F)F)c1nccc(C(=N)N)n1. The van der Waals surface area contributed by atoms with E-state index in [2.05, 4.69) is 9.97 Å². The van der Waals surface area contributed by atoms with Crippen LogP contribution in [0.4, 0.5) is 19.1 Å². The summed E-state index contributed by atoms with van der Waals surface area (Å²) in [4.78, 5) is 8.50. The average molecular weight is 247 g/mol. The molecule has 0 radical (unpaired) electrons. The fourth-order valence-electron chi connectivity index (χ4n) is 1.19. The summed E-state index contributed by atoms with van der Waals surface area (Å²) in [5, 5.41) is 7.16. The molecule has 1 aromatic rings. The summed E-state index contributed by atoms with van der Waals surface area (Å²) in [5.41, 5.74) is 5.31. The molecule has 3 N–H and O–H groups in total. The summed E-state index contributed by atoms with van der Waals surface area (Å²) in [6.45, 7) is 0.543. The second-order valence-corrected chi connectivity index (χ2v) is 3.28. The van der Waals surface area contributed by atoms with E-state index in [1.807, 2.05) is 0 Å². The lowest BCUT2D eigenvalue weighted by atomic mass is 10.4. The number of halogens is 3. The Balaban J connectivity index is 2.96. The van der Waals surface area contributed by atoms with Crippen LogP contribution in [0, 0.1) is 5.41 Å². The van der Waals surface area contributed by atoms with Crippen molar-refractivity contribution in [3.05, 3.63) is 18.0 Å². The highest BCUT2D eigenvalue weighted by molar-refractivity contribution is 5.93. The minimum Gasteiger partial charge on any atom is -0.382 e. The number of nitrogens with zero attached hydrogens (tertiary/aromatic N) is 3. The lowest BCUT2D eigenvalue weighted by Gasteiger charge is -2.22. The normalized spacial score (nSPS) is 11.3. The predicted molar refractivity (Wildman–Crippen MR) is 57.0 cm³/mol. The van der Waals surface area contributed by atoms with Gasteiger partial charge >= 0.3 is 6.18 Å². The van der Waals surface area contributed by atoms with Gasteiger partial charge in [-0.3, -0.25) is 5.41 Å². The van der Waals surface area contributed by atoms with Crippen LogP contribution in [0.15, 0.2) is 12.3 Å². The van der Waals surface area contributed by atoms with Crippen LogP contribution < -0.4 is 10.6 Å². The molecular formula is C9H12F3N5. The number of aromatic nitrogens is 2. The molecule has 17 heavy (non-hydrogen) atoms. The number of alkyl halides is 3. The third kappa shape index (κ3) is 3.89. The second kappa shape index (κ2) is 4.98. The Labute approximate surface area is 96.0 Å². The largest absolute Gasteiger partial charge is 0.406 e. The number of nitrogens with two attached hydrogens (primary N) is 1. The van der Waals surface area contributed by atoms with E-state index in [4.69, 9.17) is 11.1 Å². The van der Waals surface area contributed by atoms with Crippen molar-refractivity contribution in [2.24, 2.45) is 5.73 Å². The predicted octanol–water partition coefficient (Wildman–Crippen LogP) is 1.15. The first kappa shape index (κ1) is 13.2. The van der Waals surface area contributed by atoms with Crippen LogP contribution >= 0.6 is 0 Å². The lowest BCUT2D eigenvalue weighted by Crippen LogP contribution is -2.35. The maximum Gasteiger partial charge on any atom is 0.406 e. The quantitative estimate of drug-likeness (QED) is 0.618. The number of anilines is 1. The van der Waals surface area contributed by atoms with E-state index in [1.54, 1.807) is 6.92 Å². The lowest BCUT2D eigenvalue weighted by molar-refractivity contribution is -0.119. The molecule has 1 rings (SSSR count). The Kier molecular flexibility index (Phi) is 3.87. The summed E-state index contributed by atoms with van der Waals surface area (Å²) in [6.07, 6.45) is -3.05. The number of rotatable bonds is 4. The first-order chi connectivity index (χ1) is 7.83. The molecule has 0 amide bonds. The standard InChI is InChI=1S/C9H12F3N5/c1-2-17(5-9(10,11)12)8-15-4-3-6(16-8)7(13)14/h3-4H,2,5H2,1H3,(H3,13,14). The topological polar surface area (TPSA) is 78.9 Å². The van der Waals surface area contributed by atoms with Crippen molar-refractivity contribution < 1.29 is 13.2 Å². The molecule has 0 spiro atoms. The molecule has 0 aliphatic carbocycles. The van der Waals surface area contributed by atoms with Gasteiger partial charge in [-0.15, -0.1) is 0 Å². The van der Waals surface area contributed by atoms with Crippen molar-refractivity contribution in [1.82, 2.24) is 9.97 Å². The number of nitrogen functional groups attached to an aromatic ring is 1. The van der Waals surface area contributed by atoms with E-state index in [-0.39, 0.29) is 24.0 Å². The highest BCUT2D eigenvalue weighted by Crippen LogP contribution is 2.19. The molecule has 0 aliphatic rings. The Morgan fingerprint density at radius 1 is 1.53 bits per heavy atom. The Morgan fingerprint density at radius 2 is 2.18 bits per heavy atom. The van der Waals surface area contributed by atoms with Crippen LogP contribution in [0.3, 0.4) is 0 Å². The molecule has 5 nitrogen and oxygen atoms in total. The van der Waals surface area contributed by atoms with E-state index in [0.29, 0.717) is 0 Å². The van der Waals surface area contributed by atoms with Gasteiger partial charge in [-0.05, 0) is 13.0 Å². The fraction of sp³-hybridized carbons (Fsp3) is 0.444. The van der Waals surface area contributed by atoms with Gasteiger partial charge in [0.25, 0.3) is 0 Å². The van der Waals surface area contributed by atoms with Crippen molar-refractivity contribution in [3.8, 4) is 0 Å². The number of amidine groups is 1. The van der Waals surface area contributed by atoms with Gasteiger partial charge in [-0.1, -0.05) is 0 Å². The van der Waals surface area contributed by atoms with Crippen molar-refractivity contribution >= 4 is 11.8 Å². The molecule has 0 atom stereocenters. The molecule has 0 aliphatic heterocycles. The fourth-order valence-corrected chi connectivity index (χ4v) is 1.19. The van der Waals surface area contributed by atoms with Crippen molar-refractivity contribution in [2.45, 2.75) is 13.1 Å². The first-order valence-electron chi connectivity index (χ1n) is 4.82. The third-order valence-corrected chi connectivity index (χ3v) is 1.95. The molecule has 1 heterocycles. The molecule has 0 bridgehead atoms. The molecule has 0 saturated carbocycles. The van der Waals surface area contributed by atoms with Gasteiger partial charge in [0.15, 0.2) is 0 Å². The van der Waals surface area contributed by atoms with Gasteiger partial charge in [0.2, 0.25) is 5.95 Å². The van der Waals surface area contributed by atoms with Crippen molar-refractivity contribution in [3.63, 3.8) is 0 Å². The van der Waals surface area contributed by atoms with Crippen LogP contribution in [0.5, 0.6) is 0 Å². The summed E-state index contributed by atoms with van der Waals surface area (Å²) >= 11 is 0. The molecular weight excluding hydrogens is 235 g/mol. The molecule has 8 heteroatoms. The summed E-state index contributed by atoms with van der Waals surface area (Å²) in [6, 6.07) is 1.37. The zero-order valence-electron chi connectivity index (χ0n) is 9.12. The first-order valence-corrected chi connectivity index (χ1v) is 4.82. The highest BCUT2D eigenvalue weighted by atomic mass is 19.4. The average Bonchev–Trinajstić information content (AvgIpc) is 2.25. The van der Waals surface area contributed by atoms with Gasteiger partial charge in [-0.25, -0.2) is 9.97 Å². The number of hydrogen-bond acceptors (Lipinski definition) is 4. The summed E-state index contributed by atoms with van der Waals surface area (Å²) in [5.74, 6) is -0.394. The minimum absolute atomic E-state index is 0.0856. The van der Waals surface area contributed by atoms with Gasteiger partial charge in [0.05, 0.1) is 0 Å². The van der Waals surface area contributed by atoms with Gasteiger partial charge < -0.3 is 10.6 Å². The molecule has 0 unspecified atom stereocenters. The summed E-state index contributed by atoms with van der Waals surface area (Å²) in [7, 11) is 0. The Morgan fingerprint density at radius 3 is 2.65 bits per heavy atom. The summed E-state index contributed by atoms with van der Waals surface area (Å²) < 4.78 is 36.8. The number of nitrogens with one attached hydrogen (secondary N) is 1. The van der Waals surface area contributed by atoms with Crippen LogP contribution in [0.25, 0.3) is 0 Å². The van der Waals surface area contributed by atoms with Crippen LogP contribution in [0.1, 0.15) is 12.6 Å². The minimum atomic E-state index is -4.33. The highest BCUT2D eigenvalue weighted by Gasteiger charge is 2.31. The van der Waals surface area contributed by atoms with Crippen LogP contribution in [0.2, 0.25) is 0 Å². The van der Waals surface area contributed by atoms with E-state index in [0.717, 1.165) is 4.90 Å². The Hall–Kier alpha value is -1.86. The molecule has 0 saturated heterocycles. The third-order valence-electron chi connectivity index (χ3n) is 1.95. The van der Waals surface area contributed by atoms with E-state index >= 15 is 0 Å². The van der Waals surface area contributed by atoms with Crippen LogP contribution in [-0.4, -0.2) is 35.1 Å². The van der Waals surface area contributed by atoms with Crippen molar-refractivity contribution in [2.75, 3.05) is 18.0 Å². The second-order valence-electron chi connectivity index (χ2n) is 3.28. The maximum absolute atomic E-state index is 12.3. The van der Waals surface area contributed by atoms with Gasteiger partial charge in [-0.2, -0.15) is 13.2 Å².